The Morgan fingerprint density at radius 3 is 2.31 bits per heavy atom. The molecular weight excluding hydrogens is 675 g/mol. The summed E-state index contributed by atoms with van der Waals surface area (Å²) < 4.78 is 57.0. The highest BCUT2D eigenvalue weighted by Gasteiger charge is 2.29. The third kappa shape index (κ3) is 6.43. The van der Waals surface area contributed by atoms with Crippen molar-refractivity contribution in [3.8, 4) is 11.1 Å². The van der Waals surface area contributed by atoms with E-state index in [1.165, 1.54) is 18.3 Å². The number of aromatic nitrogens is 2. The Kier molecular flexibility index (Phi) is 9.26. The molecule has 0 saturated heterocycles. The fourth-order valence-electron chi connectivity index (χ4n) is 4.66. The number of anilines is 1. The lowest BCUT2D eigenvalue weighted by Gasteiger charge is -2.14. The summed E-state index contributed by atoms with van der Waals surface area (Å²) in [7, 11) is -4.42. The predicted molar refractivity (Wildman–Crippen MR) is 167 cm³/mol. The van der Waals surface area contributed by atoms with Crippen molar-refractivity contribution >= 4 is 73.1 Å². The molecule has 0 amide bonds. The lowest BCUT2D eigenvalue weighted by atomic mass is 9.94. The van der Waals surface area contributed by atoms with Crippen molar-refractivity contribution in [2.45, 2.75) is 6.10 Å². The summed E-state index contributed by atoms with van der Waals surface area (Å²) in [5.41, 5.74) is -1.34. The molecule has 5 aromatic rings. The third-order valence-corrected chi connectivity index (χ3v) is 9.06. The topological polar surface area (TPSA) is 149 Å². The number of rotatable bonds is 10. The number of hydrogen-bond donors (Lipinski definition) is 4. The van der Waals surface area contributed by atoms with Crippen molar-refractivity contribution in [3.63, 3.8) is 0 Å². The van der Waals surface area contributed by atoms with Crippen LogP contribution in [0.2, 0.25) is 15.1 Å². The van der Waals surface area contributed by atoms with Gasteiger partial charge < -0.3 is 15.2 Å². The highest BCUT2D eigenvalue weighted by atomic mass is 35.5. The fraction of sp³-hybridized carbons (Fsp3) is 0.100. The molecule has 0 saturated carbocycles. The first-order valence-corrected chi connectivity index (χ1v) is 15.7. The van der Waals surface area contributed by atoms with Gasteiger partial charge in [0.1, 0.15) is 11.5 Å². The maximum absolute atomic E-state index is 15.6. The van der Waals surface area contributed by atoms with Gasteiger partial charge in [-0.15, -0.1) is 0 Å². The van der Waals surface area contributed by atoms with Crippen LogP contribution in [0.3, 0.4) is 0 Å². The lowest BCUT2D eigenvalue weighted by Crippen LogP contribution is -2.29. The zero-order valence-electron chi connectivity index (χ0n) is 22.6. The minimum absolute atomic E-state index is 0.000483. The van der Waals surface area contributed by atoms with Crippen LogP contribution >= 0.6 is 34.8 Å². The van der Waals surface area contributed by atoms with Crippen molar-refractivity contribution in [1.82, 2.24) is 9.97 Å². The second kappa shape index (κ2) is 12.8. The van der Waals surface area contributed by atoms with Crippen molar-refractivity contribution in [1.29, 1.82) is 0 Å². The van der Waals surface area contributed by atoms with Crippen LogP contribution in [0.1, 0.15) is 31.8 Å². The van der Waals surface area contributed by atoms with Crippen molar-refractivity contribution in [2.24, 2.45) is 0 Å². The molecule has 15 heteroatoms. The summed E-state index contributed by atoms with van der Waals surface area (Å²) in [6.07, 6.45) is 0.718. The molecule has 45 heavy (non-hydrogen) atoms. The smallest absolute Gasteiger partial charge is 0.235 e. The van der Waals surface area contributed by atoms with E-state index >= 15 is 4.39 Å². The second-order valence-electron chi connectivity index (χ2n) is 9.74. The van der Waals surface area contributed by atoms with E-state index in [9.17, 15) is 27.5 Å². The minimum atomic E-state index is -4.42. The molecule has 9 nitrogen and oxygen atoms in total. The molecular formula is C30H20Cl3F2N3O6S. The van der Waals surface area contributed by atoms with E-state index in [4.69, 9.17) is 39.9 Å². The molecule has 1 atom stereocenters. The van der Waals surface area contributed by atoms with Crippen LogP contribution in [-0.4, -0.2) is 58.6 Å². The second-order valence-corrected chi connectivity index (χ2v) is 12.7. The molecule has 0 aliphatic rings. The number of fused-ring (bicyclic) bond motifs is 1. The van der Waals surface area contributed by atoms with Gasteiger partial charge in [0, 0.05) is 33.9 Å². The maximum atomic E-state index is 15.6. The number of aliphatic hydroxyl groups is 2. The maximum Gasteiger partial charge on any atom is 0.235 e. The monoisotopic (exact) mass is 693 g/mol. The van der Waals surface area contributed by atoms with E-state index in [0.29, 0.717) is 22.2 Å². The molecule has 0 spiro atoms. The molecule has 2 aromatic heterocycles. The van der Waals surface area contributed by atoms with Gasteiger partial charge in [0.2, 0.25) is 15.8 Å². The number of carbonyl (C=O) groups excluding carboxylic acids is 2. The van der Waals surface area contributed by atoms with Gasteiger partial charge in [-0.1, -0.05) is 53.0 Å². The van der Waals surface area contributed by atoms with E-state index in [2.05, 4.69) is 9.97 Å². The normalized spacial score (nSPS) is 12.3. The summed E-state index contributed by atoms with van der Waals surface area (Å²) >= 11 is 19.1. The fourth-order valence-corrected chi connectivity index (χ4v) is 6.63. The van der Waals surface area contributed by atoms with Gasteiger partial charge in [0.25, 0.3) is 0 Å². The van der Waals surface area contributed by atoms with Gasteiger partial charge in [-0.3, -0.25) is 14.3 Å². The Morgan fingerprint density at radius 2 is 1.62 bits per heavy atom. The highest BCUT2D eigenvalue weighted by Crippen LogP contribution is 2.38. The SMILES string of the molecule is O=C(c1c(F)ccc(NS(=O)(=O)CC(O)CO)c1F)c1c[nH]c2nccc(C(=O)c3c(Cl)ccc(-c4ccc(Cl)cc4)c3Cl)c12. The van der Waals surface area contributed by atoms with E-state index < -0.39 is 62.9 Å². The molecule has 0 radical (unpaired) electrons. The molecule has 1 unspecified atom stereocenters. The van der Waals surface area contributed by atoms with Gasteiger partial charge in [-0.25, -0.2) is 22.2 Å². The van der Waals surface area contributed by atoms with Crippen molar-refractivity contribution < 1.29 is 37.0 Å². The van der Waals surface area contributed by atoms with Crippen LogP contribution in [0.4, 0.5) is 14.5 Å². The molecule has 4 N–H and O–H groups in total. The Balaban J connectivity index is 1.60. The van der Waals surface area contributed by atoms with E-state index in [-0.39, 0.29) is 37.8 Å². The van der Waals surface area contributed by atoms with Gasteiger partial charge in [0.05, 0.1) is 50.9 Å². The Morgan fingerprint density at radius 1 is 0.933 bits per heavy atom. The average molecular weight is 695 g/mol. The van der Waals surface area contributed by atoms with E-state index in [1.54, 1.807) is 30.3 Å². The largest absolute Gasteiger partial charge is 0.394 e. The molecule has 232 valence electrons. The minimum Gasteiger partial charge on any atom is -0.394 e. The number of H-pyrrole nitrogens is 1. The Bertz CT molecular complexity index is 2090. The van der Waals surface area contributed by atoms with Crippen LogP contribution in [-0.2, 0) is 10.0 Å². The van der Waals surface area contributed by atoms with E-state index in [0.717, 1.165) is 12.3 Å². The Hall–Kier alpha value is -3.91. The number of halogens is 5. The number of nitrogens with zero attached hydrogens (tertiary/aromatic N) is 1. The lowest BCUT2D eigenvalue weighted by molar-refractivity contribution is 0.103. The highest BCUT2D eigenvalue weighted by molar-refractivity contribution is 7.92. The van der Waals surface area contributed by atoms with Crippen molar-refractivity contribution in [2.75, 3.05) is 17.1 Å². The third-order valence-electron chi connectivity index (χ3n) is 6.74. The number of aromatic amines is 1. The number of aliphatic hydroxyl groups excluding tert-OH is 2. The molecule has 0 bridgehead atoms. The zero-order chi connectivity index (χ0) is 32.6. The van der Waals surface area contributed by atoms with Crippen LogP contribution in [0.25, 0.3) is 22.2 Å². The molecule has 2 heterocycles. The summed E-state index contributed by atoms with van der Waals surface area (Å²) in [5.74, 6) is -5.81. The number of sulfonamides is 1. The molecule has 5 rings (SSSR count). The number of nitrogens with one attached hydrogen (secondary N) is 2. The van der Waals surface area contributed by atoms with Crippen LogP contribution in [0, 0.1) is 11.6 Å². The average Bonchev–Trinajstić information content (AvgIpc) is 3.43. The number of carbonyl (C=O) groups is 2. The summed E-state index contributed by atoms with van der Waals surface area (Å²) in [5, 5.41) is 18.8. The van der Waals surface area contributed by atoms with Crippen LogP contribution in [0.5, 0.6) is 0 Å². The van der Waals surface area contributed by atoms with Gasteiger partial charge in [-0.05, 0) is 42.0 Å². The standard InChI is InChI=1S/C30H20Cl3F2N3O6S/c31-15-3-1-14(2-4-15)17-5-6-20(32)24(26(17)33)28(41)18-9-10-36-30-23(18)19(11-37-30)29(42)25-21(34)7-8-22(27(25)35)38-45(43,44)13-16(40)12-39/h1-11,16,38-40H,12-13H2,(H,36,37). The van der Waals surface area contributed by atoms with Gasteiger partial charge >= 0.3 is 0 Å². The molecule has 0 fully saturated rings. The number of ketones is 2. The summed E-state index contributed by atoms with van der Waals surface area (Å²) in [6.45, 7) is -0.881. The first-order chi connectivity index (χ1) is 21.3. The Labute approximate surface area is 269 Å². The molecule has 3 aromatic carbocycles. The van der Waals surface area contributed by atoms with Gasteiger partial charge in [0.15, 0.2) is 11.6 Å². The van der Waals surface area contributed by atoms with Crippen LogP contribution in [0.15, 0.2) is 67.0 Å². The summed E-state index contributed by atoms with van der Waals surface area (Å²) in [6, 6.07) is 12.5. The number of benzene rings is 3. The first kappa shape index (κ1) is 32.5. The zero-order valence-corrected chi connectivity index (χ0v) is 25.7. The molecule has 0 aliphatic carbocycles. The van der Waals surface area contributed by atoms with E-state index in [1.807, 2.05) is 4.72 Å². The van der Waals surface area contributed by atoms with Gasteiger partial charge in [-0.2, -0.15) is 0 Å². The quantitative estimate of drug-likeness (QED) is 0.131. The predicted octanol–water partition coefficient (Wildman–Crippen LogP) is 6.03. The summed E-state index contributed by atoms with van der Waals surface area (Å²) in [4.78, 5) is 34.5. The number of pyridine rings is 1. The van der Waals surface area contributed by atoms with Crippen LogP contribution < -0.4 is 4.72 Å². The van der Waals surface area contributed by atoms with Crippen molar-refractivity contribution in [3.05, 3.63) is 116 Å². The number of hydrogen-bond acceptors (Lipinski definition) is 7. The molecule has 0 aliphatic heterocycles. The first-order valence-electron chi connectivity index (χ1n) is 12.9.